The topological polar surface area (TPSA) is 90.4 Å². The van der Waals surface area contributed by atoms with Gasteiger partial charge >= 0.3 is 0 Å². The fraction of sp³-hybridized carbons (Fsp3) is 0.167. The second-order valence-corrected chi connectivity index (χ2v) is 10.3. The van der Waals surface area contributed by atoms with E-state index < -0.39 is 0 Å². The van der Waals surface area contributed by atoms with Gasteiger partial charge in [-0.05, 0) is 53.6 Å². The molecule has 4 aromatic carbocycles. The van der Waals surface area contributed by atoms with Crippen molar-refractivity contribution < 1.29 is 13.9 Å². The molecule has 0 radical (unpaired) electrons. The van der Waals surface area contributed by atoms with Crippen molar-refractivity contribution in [3.05, 3.63) is 132 Å². The quantitative estimate of drug-likeness (QED) is 0.169. The van der Waals surface area contributed by atoms with Crippen LogP contribution in [0.3, 0.4) is 0 Å². The van der Waals surface area contributed by atoms with Crippen molar-refractivity contribution in [1.82, 2.24) is 10.3 Å². The van der Waals surface area contributed by atoms with Crippen LogP contribution in [0.5, 0.6) is 5.75 Å². The summed E-state index contributed by atoms with van der Waals surface area (Å²) in [6, 6.07) is 36.4. The second kappa shape index (κ2) is 12.7. The Morgan fingerprint density at radius 2 is 1.50 bits per heavy atom. The van der Waals surface area contributed by atoms with Crippen LogP contribution in [-0.2, 0) is 12.8 Å². The van der Waals surface area contributed by atoms with Crippen molar-refractivity contribution in [2.24, 2.45) is 5.73 Å². The first-order valence-corrected chi connectivity index (χ1v) is 14.3. The Labute approximate surface area is 245 Å². The van der Waals surface area contributed by atoms with E-state index in [1.807, 2.05) is 84.9 Å². The average Bonchev–Trinajstić information content (AvgIpc) is 3.40. The predicted molar refractivity (Wildman–Crippen MR) is 168 cm³/mol. The minimum atomic E-state index is -0.225. The highest BCUT2D eigenvalue weighted by molar-refractivity contribution is 6.17. The molecular formula is C36H33N3O3. The number of nitrogens with zero attached hydrogens (tertiary/aromatic N) is 1. The zero-order valence-electron chi connectivity index (χ0n) is 23.4. The van der Waals surface area contributed by atoms with Crippen LogP contribution in [0.4, 0.5) is 0 Å². The van der Waals surface area contributed by atoms with Gasteiger partial charge in [0.25, 0.3) is 5.91 Å². The van der Waals surface area contributed by atoms with Gasteiger partial charge in [-0.15, -0.1) is 0 Å². The number of pyridine rings is 1. The number of nitrogens with two attached hydrogens (primary N) is 1. The number of hydrogen-bond donors (Lipinski definition) is 2. The first-order valence-electron chi connectivity index (χ1n) is 14.3. The normalized spacial score (nSPS) is 11.2. The van der Waals surface area contributed by atoms with E-state index >= 15 is 0 Å². The van der Waals surface area contributed by atoms with Gasteiger partial charge in [0.15, 0.2) is 0 Å². The van der Waals surface area contributed by atoms with Gasteiger partial charge in [-0.25, -0.2) is 4.98 Å². The number of hydrogen-bond acceptors (Lipinski definition) is 5. The standard InChI is InChI=1S/C36H33N3O3/c37-21-9-23-41-28-18-16-25(17-19-28)20-22-38-35(40)34-30-15-8-7-14-29(30)33-32(27-12-5-2-6-13-27)31(42-36(33)39-34)24-26-10-3-1-4-11-26/h1-8,10-19H,9,20-24,37H2,(H,38,40). The number of carbonyl (C=O) groups is 1. The highest BCUT2D eigenvalue weighted by Gasteiger charge is 2.23. The maximum Gasteiger partial charge on any atom is 0.270 e. The number of aromatic nitrogens is 1. The van der Waals surface area contributed by atoms with Crippen LogP contribution in [0.15, 0.2) is 114 Å². The molecule has 6 rings (SSSR count). The molecule has 0 saturated heterocycles. The van der Waals surface area contributed by atoms with Crippen LogP contribution >= 0.6 is 0 Å². The van der Waals surface area contributed by atoms with Crippen molar-refractivity contribution in [3.63, 3.8) is 0 Å². The van der Waals surface area contributed by atoms with Crippen LogP contribution < -0.4 is 15.8 Å². The molecule has 6 nitrogen and oxygen atoms in total. The third kappa shape index (κ3) is 5.90. The lowest BCUT2D eigenvalue weighted by molar-refractivity contribution is 0.0951. The van der Waals surface area contributed by atoms with Crippen molar-refractivity contribution in [1.29, 1.82) is 0 Å². The van der Waals surface area contributed by atoms with E-state index in [9.17, 15) is 4.79 Å². The zero-order valence-corrected chi connectivity index (χ0v) is 23.4. The van der Waals surface area contributed by atoms with Gasteiger partial charge in [-0.1, -0.05) is 97.1 Å². The van der Waals surface area contributed by atoms with Crippen LogP contribution in [0.2, 0.25) is 0 Å². The van der Waals surface area contributed by atoms with Crippen molar-refractivity contribution in [2.75, 3.05) is 19.7 Å². The Kier molecular flexibility index (Phi) is 8.24. The second-order valence-electron chi connectivity index (χ2n) is 10.3. The highest BCUT2D eigenvalue weighted by atomic mass is 16.5. The number of nitrogens with one attached hydrogen (secondary N) is 1. The molecule has 0 atom stereocenters. The molecule has 6 aromatic rings. The summed E-state index contributed by atoms with van der Waals surface area (Å²) in [4.78, 5) is 18.3. The molecule has 0 unspecified atom stereocenters. The fourth-order valence-electron chi connectivity index (χ4n) is 5.28. The maximum absolute atomic E-state index is 13.5. The molecule has 0 spiro atoms. The van der Waals surface area contributed by atoms with E-state index in [0.717, 1.165) is 56.3 Å². The van der Waals surface area contributed by atoms with Gasteiger partial charge in [0.1, 0.15) is 17.2 Å². The van der Waals surface area contributed by atoms with Gasteiger partial charge in [-0.2, -0.15) is 0 Å². The third-order valence-electron chi connectivity index (χ3n) is 7.35. The Morgan fingerprint density at radius 1 is 0.810 bits per heavy atom. The number of benzene rings is 4. The van der Waals surface area contributed by atoms with E-state index in [0.29, 0.717) is 43.9 Å². The molecule has 210 valence electrons. The molecule has 2 aromatic heterocycles. The van der Waals surface area contributed by atoms with Gasteiger partial charge < -0.3 is 20.2 Å². The van der Waals surface area contributed by atoms with E-state index in [1.165, 1.54) is 0 Å². The van der Waals surface area contributed by atoms with Crippen molar-refractivity contribution >= 4 is 27.8 Å². The van der Waals surface area contributed by atoms with E-state index in [1.54, 1.807) is 0 Å². The summed E-state index contributed by atoms with van der Waals surface area (Å²) in [7, 11) is 0. The largest absolute Gasteiger partial charge is 0.494 e. The average molecular weight is 556 g/mol. The molecular weight excluding hydrogens is 522 g/mol. The molecule has 0 aliphatic carbocycles. The Morgan fingerprint density at radius 3 is 2.24 bits per heavy atom. The molecule has 1 amide bonds. The maximum atomic E-state index is 13.5. The van der Waals surface area contributed by atoms with Crippen molar-refractivity contribution in [3.8, 4) is 16.9 Å². The lowest BCUT2D eigenvalue weighted by atomic mass is 9.96. The van der Waals surface area contributed by atoms with E-state index in [-0.39, 0.29) is 5.91 Å². The SMILES string of the molecule is NCCCOc1ccc(CCNC(=O)c2nc3oc(Cc4ccccc4)c(-c4ccccc4)c3c3ccccc23)cc1. The first-order chi connectivity index (χ1) is 20.7. The number of furan rings is 1. The summed E-state index contributed by atoms with van der Waals surface area (Å²) >= 11 is 0. The number of rotatable bonds is 11. The Bertz CT molecular complexity index is 1800. The molecule has 0 saturated carbocycles. The number of ether oxygens (including phenoxy) is 1. The van der Waals surface area contributed by atoms with Gasteiger partial charge in [0.2, 0.25) is 5.71 Å². The molecule has 0 aliphatic rings. The molecule has 0 bridgehead atoms. The fourth-order valence-corrected chi connectivity index (χ4v) is 5.28. The first kappa shape index (κ1) is 27.2. The molecule has 42 heavy (non-hydrogen) atoms. The molecule has 6 heteroatoms. The van der Waals surface area contributed by atoms with Gasteiger partial charge in [-0.3, -0.25) is 4.79 Å². The smallest absolute Gasteiger partial charge is 0.270 e. The minimum Gasteiger partial charge on any atom is -0.494 e. The summed E-state index contributed by atoms with van der Waals surface area (Å²) in [5.74, 6) is 1.42. The predicted octanol–water partition coefficient (Wildman–Crippen LogP) is 6.94. The van der Waals surface area contributed by atoms with Gasteiger partial charge in [0.05, 0.1) is 12.0 Å². The van der Waals surface area contributed by atoms with E-state index in [4.69, 9.17) is 19.9 Å². The summed E-state index contributed by atoms with van der Waals surface area (Å²) in [6.07, 6.45) is 2.13. The monoisotopic (exact) mass is 555 g/mol. The molecule has 3 N–H and O–H groups in total. The van der Waals surface area contributed by atoms with Crippen LogP contribution in [0.25, 0.3) is 33.0 Å². The van der Waals surface area contributed by atoms with Crippen LogP contribution in [0, 0.1) is 0 Å². The molecule has 0 aliphatic heterocycles. The number of carbonyl (C=O) groups excluding carboxylic acids is 1. The third-order valence-corrected chi connectivity index (χ3v) is 7.35. The lowest BCUT2D eigenvalue weighted by Crippen LogP contribution is -2.26. The Hall–Kier alpha value is -4.94. The molecule has 0 fully saturated rings. The number of fused-ring (bicyclic) bond motifs is 3. The molecule has 2 heterocycles. The number of amides is 1. The van der Waals surface area contributed by atoms with Crippen LogP contribution in [0.1, 0.15) is 33.8 Å². The minimum absolute atomic E-state index is 0.225. The Balaban J connectivity index is 1.30. The summed E-state index contributed by atoms with van der Waals surface area (Å²) in [5.41, 5.74) is 10.7. The highest BCUT2D eigenvalue weighted by Crippen LogP contribution is 2.40. The van der Waals surface area contributed by atoms with E-state index in [2.05, 4.69) is 29.6 Å². The summed E-state index contributed by atoms with van der Waals surface area (Å²) < 4.78 is 12.1. The van der Waals surface area contributed by atoms with Crippen molar-refractivity contribution in [2.45, 2.75) is 19.3 Å². The lowest BCUT2D eigenvalue weighted by Gasteiger charge is -2.10. The van der Waals surface area contributed by atoms with Gasteiger partial charge in [0, 0.05) is 23.9 Å². The summed E-state index contributed by atoms with van der Waals surface area (Å²) in [5, 5.41) is 5.73. The summed E-state index contributed by atoms with van der Waals surface area (Å²) in [6.45, 7) is 1.69. The van der Waals surface area contributed by atoms with Crippen LogP contribution in [-0.4, -0.2) is 30.6 Å². The zero-order chi connectivity index (χ0) is 28.7.